The average molecular weight is 343 g/mol. The summed E-state index contributed by atoms with van der Waals surface area (Å²) in [4.78, 5) is 11.9. The first-order valence-corrected chi connectivity index (χ1v) is 9.30. The average Bonchev–Trinajstić information content (AvgIpc) is 2.41. The summed E-state index contributed by atoms with van der Waals surface area (Å²) in [5, 5.41) is 6.64. The van der Waals surface area contributed by atoms with Crippen molar-refractivity contribution in [2.75, 3.05) is 13.2 Å². The van der Waals surface area contributed by atoms with Crippen molar-refractivity contribution < 1.29 is 14.3 Å². The van der Waals surface area contributed by atoms with Crippen molar-refractivity contribution in [3.05, 3.63) is 0 Å². The third-order valence-corrected chi connectivity index (χ3v) is 4.63. The number of carbonyl (C=O) groups is 1. The molecule has 1 amide bonds. The molecule has 0 aromatic rings. The van der Waals surface area contributed by atoms with Gasteiger partial charge < -0.3 is 20.1 Å². The summed E-state index contributed by atoms with van der Waals surface area (Å²) in [6.07, 6.45) is 2.01. The summed E-state index contributed by atoms with van der Waals surface area (Å²) in [7, 11) is 0. The summed E-state index contributed by atoms with van der Waals surface area (Å²) in [5.74, 6) is 0.564. The lowest BCUT2D eigenvalue weighted by atomic mass is 9.64. The van der Waals surface area contributed by atoms with E-state index in [0.717, 1.165) is 19.4 Å². The topological polar surface area (TPSA) is 59.6 Å². The van der Waals surface area contributed by atoms with Gasteiger partial charge in [-0.15, -0.1) is 0 Å². The van der Waals surface area contributed by atoms with E-state index < -0.39 is 5.60 Å². The van der Waals surface area contributed by atoms with Gasteiger partial charge in [0.1, 0.15) is 5.60 Å². The Morgan fingerprint density at radius 2 is 1.92 bits per heavy atom. The lowest BCUT2D eigenvalue weighted by molar-refractivity contribution is -0.116. The molecular weight excluding hydrogens is 304 g/mol. The summed E-state index contributed by atoms with van der Waals surface area (Å²) < 4.78 is 11.1. The zero-order chi connectivity index (χ0) is 18.5. The predicted octanol–water partition coefficient (Wildman–Crippen LogP) is 3.72. The first-order chi connectivity index (χ1) is 11.0. The molecule has 1 aliphatic rings. The van der Waals surface area contributed by atoms with Crippen LogP contribution in [0.1, 0.15) is 68.2 Å². The molecule has 5 nitrogen and oxygen atoms in total. The molecule has 5 heteroatoms. The van der Waals surface area contributed by atoms with E-state index in [2.05, 4.69) is 38.3 Å². The van der Waals surface area contributed by atoms with Crippen molar-refractivity contribution in [1.29, 1.82) is 0 Å². The number of hydrogen-bond donors (Lipinski definition) is 2. The van der Waals surface area contributed by atoms with Crippen molar-refractivity contribution in [1.82, 2.24) is 10.6 Å². The Morgan fingerprint density at radius 3 is 2.38 bits per heavy atom. The van der Waals surface area contributed by atoms with Crippen LogP contribution in [0, 0.1) is 11.3 Å². The molecule has 1 fully saturated rings. The van der Waals surface area contributed by atoms with Crippen LogP contribution in [0.25, 0.3) is 0 Å². The van der Waals surface area contributed by atoms with Crippen LogP contribution in [0.3, 0.4) is 0 Å². The van der Waals surface area contributed by atoms with Gasteiger partial charge in [0.25, 0.3) is 0 Å². The molecule has 0 saturated heterocycles. The highest BCUT2D eigenvalue weighted by Gasteiger charge is 2.49. The van der Waals surface area contributed by atoms with Gasteiger partial charge in [-0.1, -0.05) is 27.7 Å². The van der Waals surface area contributed by atoms with E-state index in [9.17, 15) is 4.79 Å². The highest BCUT2D eigenvalue weighted by atomic mass is 16.6. The van der Waals surface area contributed by atoms with Crippen LogP contribution in [0.2, 0.25) is 0 Å². The Labute approximate surface area is 148 Å². The van der Waals surface area contributed by atoms with E-state index in [1.54, 1.807) is 0 Å². The van der Waals surface area contributed by atoms with Gasteiger partial charge in [0.2, 0.25) is 0 Å². The van der Waals surface area contributed by atoms with Gasteiger partial charge in [-0.2, -0.15) is 0 Å². The van der Waals surface area contributed by atoms with Gasteiger partial charge in [-0.3, -0.25) is 0 Å². The monoisotopic (exact) mass is 342 g/mol. The fourth-order valence-corrected chi connectivity index (χ4v) is 3.24. The largest absolute Gasteiger partial charge is 0.444 e. The molecular formula is C19H38N2O3. The van der Waals surface area contributed by atoms with E-state index in [0.29, 0.717) is 24.6 Å². The van der Waals surface area contributed by atoms with Crippen LogP contribution in [0.4, 0.5) is 4.79 Å². The molecule has 0 aromatic heterocycles. The maximum Gasteiger partial charge on any atom is 0.407 e. The minimum absolute atomic E-state index is 0.122. The van der Waals surface area contributed by atoms with Crippen LogP contribution < -0.4 is 10.6 Å². The number of rotatable bonds is 8. The number of hydrogen-bond acceptors (Lipinski definition) is 4. The maximum atomic E-state index is 11.9. The fraction of sp³-hybridized carbons (Fsp3) is 0.947. The molecule has 1 rings (SSSR count). The zero-order valence-corrected chi connectivity index (χ0v) is 16.9. The molecule has 1 aliphatic carbocycles. The van der Waals surface area contributed by atoms with Crippen LogP contribution in [-0.4, -0.2) is 43.0 Å². The number of ether oxygens (including phenoxy) is 2. The Hall–Kier alpha value is -0.810. The Balaban J connectivity index is 2.53. The van der Waals surface area contributed by atoms with Crippen molar-refractivity contribution in [2.45, 2.75) is 92.0 Å². The van der Waals surface area contributed by atoms with Gasteiger partial charge >= 0.3 is 6.09 Å². The van der Waals surface area contributed by atoms with Crippen molar-refractivity contribution >= 4 is 6.09 Å². The molecule has 24 heavy (non-hydrogen) atoms. The van der Waals surface area contributed by atoms with E-state index in [4.69, 9.17) is 9.47 Å². The summed E-state index contributed by atoms with van der Waals surface area (Å²) in [5.41, 5.74) is -0.344. The molecule has 2 N–H and O–H groups in total. The minimum Gasteiger partial charge on any atom is -0.444 e. The molecule has 3 atom stereocenters. The standard InChI is InChI=1S/C19H38N2O3/c1-9-23-16-11-15(19(16,7)8)21-14(10-13(2)3)12-20-17(22)24-18(4,5)6/h13-16,21H,9-12H2,1-8H3,(H,20,22). The van der Waals surface area contributed by atoms with Crippen LogP contribution in [0.5, 0.6) is 0 Å². The zero-order valence-electron chi connectivity index (χ0n) is 16.9. The van der Waals surface area contributed by atoms with Crippen LogP contribution >= 0.6 is 0 Å². The number of carbonyl (C=O) groups excluding carboxylic acids is 1. The molecule has 3 unspecified atom stereocenters. The Morgan fingerprint density at radius 1 is 1.29 bits per heavy atom. The minimum atomic E-state index is -0.467. The van der Waals surface area contributed by atoms with Gasteiger partial charge in [-0.05, 0) is 46.5 Å². The van der Waals surface area contributed by atoms with Gasteiger partial charge in [0.15, 0.2) is 0 Å². The van der Waals surface area contributed by atoms with Crippen molar-refractivity contribution in [2.24, 2.45) is 11.3 Å². The van der Waals surface area contributed by atoms with Crippen molar-refractivity contribution in [3.8, 4) is 0 Å². The smallest absolute Gasteiger partial charge is 0.407 e. The van der Waals surface area contributed by atoms with E-state index >= 15 is 0 Å². The number of nitrogens with one attached hydrogen (secondary N) is 2. The molecule has 0 spiro atoms. The molecule has 1 saturated carbocycles. The van der Waals surface area contributed by atoms with E-state index in [1.807, 2.05) is 27.7 Å². The fourth-order valence-electron chi connectivity index (χ4n) is 3.24. The lowest BCUT2D eigenvalue weighted by Gasteiger charge is -2.53. The van der Waals surface area contributed by atoms with Gasteiger partial charge in [-0.25, -0.2) is 4.79 Å². The quantitative estimate of drug-likeness (QED) is 0.706. The third-order valence-electron chi connectivity index (χ3n) is 4.63. The third kappa shape index (κ3) is 6.60. The molecule has 0 aliphatic heterocycles. The first-order valence-electron chi connectivity index (χ1n) is 9.30. The molecule has 0 aromatic carbocycles. The molecule has 0 radical (unpaired) electrons. The second-order valence-electron chi connectivity index (χ2n) is 8.93. The molecule has 0 heterocycles. The second-order valence-corrected chi connectivity index (χ2v) is 8.93. The highest BCUT2D eigenvalue weighted by molar-refractivity contribution is 5.67. The number of alkyl carbamates (subject to hydrolysis) is 1. The van der Waals surface area contributed by atoms with Gasteiger partial charge in [0, 0.05) is 30.7 Å². The normalized spacial score (nSPS) is 24.4. The Kier molecular flexibility index (Phi) is 7.54. The maximum absolute atomic E-state index is 11.9. The predicted molar refractivity (Wildman–Crippen MR) is 98.2 cm³/mol. The lowest BCUT2D eigenvalue weighted by Crippen LogP contribution is -2.64. The molecule has 0 bridgehead atoms. The highest BCUT2D eigenvalue weighted by Crippen LogP contribution is 2.43. The van der Waals surface area contributed by atoms with E-state index in [-0.39, 0.29) is 17.6 Å². The number of amides is 1. The Bertz CT molecular complexity index is 402. The first kappa shape index (κ1) is 21.2. The van der Waals surface area contributed by atoms with Crippen molar-refractivity contribution in [3.63, 3.8) is 0 Å². The summed E-state index contributed by atoms with van der Waals surface area (Å²) in [6.45, 7) is 17.9. The SMILES string of the molecule is CCOC1CC(NC(CNC(=O)OC(C)(C)C)CC(C)C)C1(C)C. The summed E-state index contributed by atoms with van der Waals surface area (Å²) in [6, 6.07) is 0.655. The van der Waals surface area contributed by atoms with Gasteiger partial charge in [0.05, 0.1) is 6.10 Å². The molecule has 142 valence electrons. The summed E-state index contributed by atoms with van der Waals surface area (Å²) >= 11 is 0. The van der Waals surface area contributed by atoms with E-state index in [1.165, 1.54) is 0 Å². The van der Waals surface area contributed by atoms with Crippen LogP contribution in [-0.2, 0) is 9.47 Å². The second kappa shape index (κ2) is 8.52. The van der Waals surface area contributed by atoms with Crippen LogP contribution in [0.15, 0.2) is 0 Å².